The van der Waals surface area contributed by atoms with Crippen molar-refractivity contribution in [2.75, 3.05) is 19.8 Å². The Morgan fingerprint density at radius 2 is 2.28 bits per heavy atom. The Bertz CT molecular complexity index is 333. The second-order valence-electron chi connectivity index (χ2n) is 4.81. The number of amidine groups is 1. The highest BCUT2D eigenvalue weighted by Crippen LogP contribution is 2.27. The SMILES string of the molecule is CCC1COCCN1C(=O)C(C)(CC)C(N)=NO. The number of nitrogens with zero attached hydrogens (tertiary/aromatic N) is 2. The van der Waals surface area contributed by atoms with E-state index in [0.29, 0.717) is 26.2 Å². The summed E-state index contributed by atoms with van der Waals surface area (Å²) < 4.78 is 5.38. The predicted molar refractivity (Wildman–Crippen MR) is 68.4 cm³/mol. The van der Waals surface area contributed by atoms with Crippen LogP contribution in [0.4, 0.5) is 0 Å². The minimum absolute atomic E-state index is 0.0312. The maximum atomic E-state index is 12.6. The molecule has 0 aromatic rings. The van der Waals surface area contributed by atoms with Gasteiger partial charge in [0.05, 0.1) is 19.3 Å². The molecule has 18 heavy (non-hydrogen) atoms. The second-order valence-corrected chi connectivity index (χ2v) is 4.81. The van der Waals surface area contributed by atoms with Gasteiger partial charge in [-0.2, -0.15) is 0 Å². The second kappa shape index (κ2) is 6.04. The standard InChI is InChI=1S/C12H23N3O3/c1-4-9-8-18-7-6-15(9)11(16)12(3,5-2)10(13)14-17/h9,17H,4-8H2,1-3H3,(H2,13,14). The molecule has 0 spiro atoms. The van der Waals surface area contributed by atoms with Gasteiger partial charge in [0.2, 0.25) is 5.91 Å². The lowest BCUT2D eigenvalue weighted by Gasteiger charge is -2.40. The summed E-state index contributed by atoms with van der Waals surface area (Å²) in [4.78, 5) is 14.4. The highest BCUT2D eigenvalue weighted by Gasteiger charge is 2.42. The Kier molecular flexibility index (Phi) is 4.95. The number of carbonyl (C=O) groups is 1. The molecule has 6 heteroatoms. The molecule has 1 amide bonds. The highest BCUT2D eigenvalue weighted by atomic mass is 16.5. The molecule has 1 saturated heterocycles. The number of oxime groups is 1. The first-order valence-electron chi connectivity index (χ1n) is 6.38. The molecule has 104 valence electrons. The maximum Gasteiger partial charge on any atom is 0.236 e. The Labute approximate surface area is 108 Å². The fourth-order valence-electron chi connectivity index (χ4n) is 2.13. The van der Waals surface area contributed by atoms with Crippen LogP contribution in [0.3, 0.4) is 0 Å². The van der Waals surface area contributed by atoms with E-state index in [2.05, 4.69) is 5.16 Å². The molecule has 0 aromatic heterocycles. The molecule has 0 bridgehead atoms. The first kappa shape index (κ1) is 14.8. The van der Waals surface area contributed by atoms with Crippen molar-refractivity contribution in [1.29, 1.82) is 0 Å². The van der Waals surface area contributed by atoms with Gasteiger partial charge in [-0.3, -0.25) is 4.79 Å². The molecular weight excluding hydrogens is 234 g/mol. The van der Waals surface area contributed by atoms with Gasteiger partial charge in [0, 0.05) is 6.54 Å². The summed E-state index contributed by atoms with van der Waals surface area (Å²) >= 11 is 0. The summed E-state index contributed by atoms with van der Waals surface area (Å²) in [5, 5.41) is 11.9. The summed E-state index contributed by atoms with van der Waals surface area (Å²) in [5.74, 6) is -0.119. The Morgan fingerprint density at radius 1 is 1.61 bits per heavy atom. The van der Waals surface area contributed by atoms with Gasteiger partial charge in [0.15, 0.2) is 5.84 Å². The van der Waals surface area contributed by atoms with Crippen molar-refractivity contribution in [2.24, 2.45) is 16.3 Å². The van der Waals surface area contributed by atoms with Gasteiger partial charge in [-0.15, -0.1) is 0 Å². The van der Waals surface area contributed by atoms with E-state index in [-0.39, 0.29) is 17.8 Å². The predicted octanol–water partition coefficient (Wildman–Crippen LogP) is 0.787. The van der Waals surface area contributed by atoms with E-state index in [9.17, 15) is 4.79 Å². The van der Waals surface area contributed by atoms with Gasteiger partial charge < -0.3 is 20.6 Å². The normalized spacial score (nSPS) is 24.7. The van der Waals surface area contributed by atoms with E-state index >= 15 is 0 Å². The van der Waals surface area contributed by atoms with Crippen molar-refractivity contribution in [3.63, 3.8) is 0 Å². The monoisotopic (exact) mass is 257 g/mol. The Balaban J connectivity index is 2.95. The molecule has 0 aromatic carbocycles. The van der Waals surface area contributed by atoms with Crippen LogP contribution in [0.15, 0.2) is 5.16 Å². The van der Waals surface area contributed by atoms with Crippen molar-refractivity contribution in [2.45, 2.75) is 39.7 Å². The fourth-order valence-corrected chi connectivity index (χ4v) is 2.13. The summed E-state index contributed by atoms with van der Waals surface area (Å²) in [5.41, 5.74) is 4.73. The van der Waals surface area contributed by atoms with Crippen LogP contribution < -0.4 is 5.73 Å². The first-order chi connectivity index (χ1) is 8.51. The topological polar surface area (TPSA) is 88.2 Å². The van der Waals surface area contributed by atoms with Crippen molar-refractivity contribution in [3.05, 3.63) is 0 Å². The van der Waals surface area contributed by atoms with E-state index in [1.807, 2.05) is 13.8 Å². The third kappa shape index (κ3) is 2.58. The lowest BCUT2D eigenvalue weighted by Crippen LogP contribution is -2.56. The number of rotatable bonds is 4. The quantitative estimate of drug-likeness (QED) is 0.337. The summed E-state index contributed by atoms with van der Waals surface area (Å²) in [6.07, 6.45) is 1.33. The van der Waals surface area contributed by atoms with Crippen molar-refractivity contribution < 1.29 is 14.7 Å². The zero-order chi connectivity index (χ0) is 13.8. The number of nitrogens with two attached hydrogens (primary N) is 1. The zero-order valence-electron chi connectivity index (χ0n) is 11.3. The van der Waals surface area contributed by atoms with Gasteiger partial charge >= 0.3 is 0 Å². The van der Waals surface area contributed by atoms with Gasteiger partial charge in [-0.05, 0) is 19.8 Å². The van der Waals surface area contributed by atoms with Gasteiger partial charge in [0.1, 0.15) is 5.41 Å². The number of hydrogen-bond acceptors (Lipinski definition) is 4. The van der Waals surface area contributed by atoms with Crippen LogP contribution >= 0.6 is 0 Å². The maximum absolute atomic E-state index is 12.6. The molecule has 0 saturated carbocycles. The number of hydrogen-bond donors (Lipinski definition) is 2. The lowest BCUT2D eigenvalue weighted by atomic mass is 9.84. The minimum Gasteiger partial charge on any atom is -0.409 e. The first-order valence-corrected chi connectivity index (χ1v) is 6.38. The number of carbonyl (C=O) groups excluding carboxylic acids is 1. The van der Waals surface area contributed by atoms with Gasteiger partial charge in [-0.1, -0.05) is 19.0 Å². The number of ether oxygens (including phenoxy) is 1. The van der Waals surface area contributed by atoms with Gasteiger partial charge in [0.25, 0.3) is 0 Å². The zero-order valence-corrected chi connectivity index (χ0v) is 11.3. The van der Waals surface area contributed by atoms with Crippen molar-refractivity contribution in [1.82, 2.24) is 4.90 Å². The number of amides is 1. The van der Waals surface area contributed by atoms with Crippen LogP contribution in [-0.2, 0) is 9.53 Å². The summed E-state index contributed by atoms with van der Waals surface area (Å²) in [6, 6.07) is 0.0728. The molecule has 2 atom stereocenters. The van der Waals surface area contributed by atoms with E-state index in [4.69, 9.17) is 15.7 Å². The third-order valence-electron chi connectivity index (χ3n) is 3.81. The summed E-state index contributed by atoms with van der Waals surface area (Å²) in [7, 11) is 0. The Morgan fingerprint density at radius 3 is 2.78 bits per heavy atom. The van der Waals surface area contributed by atoms with Crippen molar-refractivity contribution >= 4 is 11.7 Å². The van der Waals surface area contributed by atoms with Crippen LogP contribution in [0.5, 0.6) is 0 Å². The molecule has 1 fully saturated rings. The largest absolute Gasteiger partial charge is 0.409 e. The average Bonchev–Trinajstić information content (AvgIpc) is 2.44. The van der Waals surface area contributed by atoms with E-state index in [1.54, 1.807) is 11.8 Å². The van der Waals surface area contributed by atoms with E-state index in [0.717, 1.165) is 6.42 Å². The molecule has 3 N–H and O–H groups in total. The molecule has 1 aliphatic heterocycles. The lowest BCUT2D eigenvalue weighted by molar-refractivity contribution is -0.146. The average molecular weight is 257 g/mol. The molecule has 0 radical (unpaired) electrons. The summed E-state index contributed by atoms with van der Waals surface area (Å²) in [6.45, 7) is 7.25. The van der Waals surface area contributed by atoms with Crippen LogP contribution in [0.25, 0.3) is 0 Å². The molecule has 1 heterocycles. The van der Waals surface area contributed by atoms with Crippen LogP contribution in [0.1, 0.15) is 33.6 Å². The number of morpholine rings is 1. The minimum atomic E-state index is -0.945. The molecule has 1 aliphatic rings. The van der Waals surface area contributed by atoms with Crippen molar-refractivity contribution in [3.8, 4) is 0 Å². The molecule has 2 unspecified atom stereocenters. The van der Waals surface area contributed by atoms with Crippen LogP contribution in [0, 0.1) is 5.41 Å². The fraction of sp³-hybridized carbons (Fsp3) is 0.833. The highest BCUT2D eigenvalue weighted by molar-refractivity contribution is 6.06. The molecule has 1 rings (SSSR count). The van der Waals surface area contributed by atoms with Crippen LogP contribution in [0.2, 0.25) is 0 Å². The molecule has 6 nitrogen and oxygen atoms in total. The van der Waals surface area contributed by atoms with E-state index in [1.165, 1.54) is 0 Å². The molecular formula is C12H23N3O3. The Hall–Kier alpha value is -1.30. The smallest absolute Gasteiger partial charge is 0.236 e. The van der Waals surface area contributed by atoms with Gasteiger partial charge in [-0.25, -0.2) is 0 Å². The molecule has 0 aliphatic carbocycles. The van der Waals surface area contributed by atoms with E-state index < -0.39 is 5.41 Å². The van der Waals surface area contributed by atoms with Crippen LogP contribution in [-0.4, -0.2) is 47.7 Å². The third-order valence-corrected chi connectivity index (χ3v) is 3.81.